The zero-order valence-electron chi connectivity index (χ0n) is 13.6. The minimum atomic E-state index is -0.439. The van der Waals surface area contributed by atoms with Gasteiger partial charge in [0, 0.05) is 24.9 Å². The van der Waals surface area contributed by atoms with E-state index in [9.17, 15) is 9.59 Å². The van der Waals surface area contributed by atoms with Crippen LogP contribution in [0.3, 0.4) is 0 Å². The highest BCUT2D eigenvalue weighted by Gasteiger charge is 2.22. The Kier molecular flexibility index (Phi) is 4.01. The third kappa shape index (κ3) is 3.03. The molecule has 1 atom stereocenters. The number of carbonyl (C=O) groups excluding carboxylic acids is 1. The zero-order valence-corrected chi connectivity index (χ0v) is 13.6. The molecule has 0 saturated carbocycles. The molecule has 1 aromatic heterocycles. The lowest BCUT2D eigenvalue weighted by Gasteiger charge is -2.26. The Bertz CT molecular complexity index is 973. The molecule has 2 heterocycles. The van der Waals surface area contributed by atoms with Crippen LogP contribution in [0.5, 0.6) is 5.75 Å². The molecular formula is C19H18N2O4. The normalized spacial score (nSPS) is 16.2. The summed E-state index contributed by atoms with van der Waals surface area (Å²) in [7, 11) is 0. The molecule has 0 radical (unpaired) electrons. The van der Waals surface area contributed by atoms with E-state index in [0.29, 0.717) is 17.7 Å². The smallest absolute Gasteiger partial charge is 0.419 e. The molecule has 0 saturated heterocycles. The van der Waals surface area contributed by atoms with Gasteiger partial charge in [-0.1, -0.05) is 30.3 Å². The first-order chi connectivity index (χ1) is 12.2. The molecule has 0 unspecified atom stereocenters. The molecule has 3 aromatic rings. The van der Waals surface area contributed by atoms with E-state index in [1.807, 2.05) is 42.5 Å². The van der Waals surface area contributed by atoms with Crippen molar-refractivity contribution in [3.63, 3.8) is 0 Å². The molecular weight excluding hydrogens is 320 g/mol. The predicted octanol–water partition coefficient (Wildman–Crippen LogP) is 2.62. The number of amides is 1. The first kappa shape index (κ1) is 15.5. The molecule has 1 aliphatic rings. The number of rotatable bonds is 4. The number of nitrogens with zero attached hydrogens (tertiary/aromatic N) is 1. The van der Waals surface area contributed by atoms with Gasteiger partial charge >= 0.3 is 5.76 Å². The van der Waals surface area contributed by atoms with Gasteiger partial charge in [-0.05, 0) is 18.2 Å². The summed E-state index contributed by atoms with van der Waals surface area (Å²) >= 11 is 0. The van der Waals surface area contributed by atoms with Crippen molar-refractivity contribution in [1.29, 1.82) is 0 Å². The van der Waals surface area contributed by atoms with Crippen LogP contribution in [0, 0.1) is 0 Å². The summed E-state index contributed by atoms with van der Waals surface area (Å²) in [5, 5.41) is 3.04. The lowest BCUT2D eigenvalue weighted by molar-refractivity contribution is -0.122. The fourth-order valence-corrected chi connectivity index (χ4v) is 3.20. The summed E-state index contributed by atoms with van der Waals surface area (Å²) in [6.07, 6.45) is 0.945. The van der Waals surface area contributed by atoms with Gasteiger partial charge in [-0.25, -0.2) is 4.79 Å². The van der Waals surface area contributed by atoms with Crippen molar-refractivity contribution in [2.45, 2.75) is 25.4 Å². The molecule has 1 amide bonds. The summed E-state index contributed by atoms with van der Waals surface area (Å²) < 4.78 is 12.3. The summed E-state index contributed by atoms with van der Waals surface area (Å²) in [6, 6.07) is 14.9. The first-order valence-corrected chi connectivity index (χ1v) is 8.32. The van der Waals surface area contributed by atoms with Crippen molar-refractivity contribution in [3.8, 4) is 5.75 Å². The molecule has 0 fully saturated rings. The monoisotopic (exact) mass is 338 g/mol. The van der Waals surface area contributed by atoms with E-state index in [0.717, 1.165) is 17.7 Å². The highest BCUT2D eigenvalue weighted by molar-refractivity contribution is 5.77. The van der Waals surface area contributed by atoms with E-state index in [4.69, 9.17) is 9.15 Å². The van der Waals surface area contributed by atoms with E-state index in [1.165, 1.54) is 4.57 Å². The minimum Gasteiger partial charge on any atom is -0.493 e. The van der Waals surface area contributed by atoms with Gasteiger partial charge in [0.25, 0.3) is 0 Å². The second kappa shape index (κ2) is 6.47. The van der Waals surface area contributed by atoms with Crippen LogP contribution in [-0.4, -0.2) is 17.1 Å². The average Bonchev–Trinajstić information content (AvgIpc) is 2.95. The Hall–Kier alpha value is -3.02. The number of hydrogen-bond acceptors (Lipinski definition) is 4. The fourth-order valence-electron chi connectivity index (χ4n) is 3.20. The maximum absolute atomic E-state index is 12.4. The molecule has 6 nitrogen and oxygen atoms in total. The summed E-state index contributed by atoms with van der Waals surface area (Å²) in [5.74, 6) is 0.278. The van der Waals surface area contributed by atoms with Gasteiger partial charge in [0.05, 0.1) is 18.2 Å². The van der Waals surface area contributed by atoms with Crippen LogP contribution in [0.15, 0.2) is 57.7 Å². The third-order valence-corrected chi connectivity index (χ3v) is 4.43. The fraction of sp³-hybridized carbons (Fsp3) is 0.263. The summed E-state index contributed by atoms with van der Waals surface area (Å²) in [4.78, 5) is 24.3. The lowest BCUT2D eigenvalue weighted by atomic mass is 10.0. The molecule has 4 rings (SSSR count). The van der Waals surface area contributed by atoms with Crippen molar-refractivity contribution < 1.29 is 13.9 Å². The van der Waals surface area contributed by atoms with Crippen LogP contribution in [-0.2, 0) is 11.3 Å². The minimum absolute atomic E-state index is 0.0599. The quantitative estimate of drug-likeness (QED) is 0.794. The van der Waals surface area contributed by atoms with Crippen LogP contribution >= 0.6 is 0 Å². The Morgan fingerprint density at radius 3 is 2.88 bits per heavy atom. The number of benzene rings is 2. The SMILES string of the molecule is O=C(CCn1c(=O)oc2ccccc21)N[C@@H]1CCOc2ccccc21. The number of aromatic nitrogens is 1. The number of hydrogen-bond donors (Lipinski definition) is 1. The number of para-hydroxylation sites is 3. The van der Waals surface area contributed by atoms with Crippen LogP contribution in [0.1, 0.15) is 24.4 Å². The van der Waals surface area contributed by atoms with Crippen LogP contribution in [0.25, 0.3) is 11.1 Å². The maximum atomic E-state index is 12.4. The topological polar surface area (TPSA) is 73.5 Å². The molecule has 1 aliphatic heterocycles. The van der Waals surface area contributed by atoms with E-state index in [1.54, 1.807) is 6.07 Å². The number of aryl methyl sites for hydroxylation is 1. The number of nitrogens with one attached hydrogen (secondary N) is 1. The Labute approximate surface area is 144 Å². The van der Waals surface area contributed by atoms with Crippen LogP contribution < -0.4 is 15.8 Å². The first-order valence-electron chi connectivity index (χ1n) is 8.32. The molecule has 2 aromatic carbocycles. The van der Waals surface area contributed by atoms with Crippen molar-refractivity contribution in [1.82, 2.24) is 9.88 Å². The van der Waals surface area contributed by atoms with Crippen molar-refractivity contribution >= 4 is 17.0 Å². The maximum Gasteiger partial charge on any atom is 0.419 e. The zero-order chi connectivity index (χ0) is 17.2. The van der Waals surface area contributed by atoms with Crippen LogP contribution in [0.4, 0.5) is 0 Å². The van der Waals surface area contributed by atoms with E-state index >= 15 is 0 Å². The van der Waals surface area contributed by atoms with Gasteiger partial charge in [-0.2, -0.15) is 0 Å². The molecule has 0 bridgehead atoms. The lowest BCUT2D eigenvalue weighted by Crippen LogP contribution is -2.33. The summed E-state index contributed by atoms with van der Waals surface area (Å²) in [6.45, 7) is 0.861. The Morgan fingerprint density at radius 2 is 1.96 bits per heavy atom. The Morgan fingerprint density at radius 1 is 1.16 bits per heavy atom. The molecule has 128 valence electrons. The molecule has 1 N–H and O–H groups in total. The second-order valence-electron chi connectivity index (χ2n) is 6.03. The standard InChI is InChI=1S/C19H18N2O4/c22-18(20-14-10-12-24-16-7-3-1-5-13(14)16)9-11-21-15-6-2-4-8-17(15)25-19(21)23/h1-8,14H,9-12H2,(H,20,22)/t14-/m1/s1. The number of fused-ring (bicyclic) bond motifs is 2. The summed E-state index contributed by atoms with van der Waals surface area (Å²) in [5.41, 5.74) is 2.23. The second-order valence-corrected chi connectivity index (χ2v) is 6.03. The third-order valence-electron chi connectivity index (χ3n) is 4.43. The van der Waals surface area contributed by atoms with Gasteiger partial charge in [0.2, 0.25) is 5.91 Å². The van der Waals surface area contributed by atoms with Crippen molar-refractivity contribution in [2.75, 3.05) is 6.61 Å². The number of carbonyl (C=O) groups is 1. The largest absolute Gasteiger partial charge is 0.493 e. The Balaban J connectivity index is 1.45. The van der Waals surface area contributed by atoms with Gasteiger partial charge in [0.15, 0.2) is 5.58 Å². The van der Waals surface area contributed by atoms with Crippen molar-refractivity contribution in [3.05, 3.63) is 64.6 Å². The van der Waals surface area contributed by atoms with Gasteiger partial charge in [-0.15, -0.1) is 0 Å². The van der Waals surface area contributed by atoms with E-state index in [2.05, 4.69) is 5.32 Å². The van der Waals surface area contributed by atoms with Gasteiger partial charge < -0.3 is 14.5 Å². The van der Waals surface area contributed by atoms with Crippen molar-refractivity contribution in [2.24, 2.45) is 0 Å². The molecule has 0 spiro atoms. The average molecular weight is 338 g/mol. The molecule has 6 heteroatoms. The van der Waals surface area contributed by atoms with E-state index < -0.39 is 5.76 Å². The van der Waals surface area contributed by atoms with Crippen LogP contribution in [0.2, 0.25) is 0 Å². The predicted molar refractivity (Wildman–Crippen MR) is 92.5 cm³/mol. The highest BCUT2D eigenvalue weighted by atomic mass is 16.5. The highest BCUT2D eigenvalue weighted by Crippen LogP contribution is 2.31. The number of ether oxygens (including phenoxy) is 1. The van der Waals surface area contributed by atoms with E-state index in [-0.39, 0.29) is 24.9 Å². The molecule has 25 heavy (non-hydrogen) atoms. The molecule has 0 aliphatic carbocycles. The van der Waals surface area contributed by atoms with Gasteiger partial charge in [0.1, 0.15) is 5.75 Å². The number of oxazole rings is 1. The van der Waals surface area contributed by atoms with Gasteiger partial charge in [-0.3, -0.25) is 9.36 Å².